The standard InChI is InChI=1S/C26H28N8O/c1-17-6-5-15-27-22(16-17)31-25-33-23(18-9-10-18)32-24(34-25)28-20-11-13-21(14-12-20)30-26(35)29-19-7-3-2-4-8-19/h2-4,7-8,11-14,16,18H,5-6,9-10,15H2,1H3,(H2,29,30,35)(H2,27,28,31,32,33,34). The van der Waals surface area contributed by atoms with Crippen molar-refractivity contribution in [1.82, 2.24) is 15.0 Å². The molecule has 4 N–H and O–H groups in total. The van der Waals surface area contributed by atoms with Gasteiger partial charge in [0.05, 0.1) is 0 Å². The molecule has 3 aromatic rings. The number of hydrogen-bond acceptors (Lipinski definition) is 7. The van der Waals surface area contributed by atoms with Gasteiger partial charge in [0, 0.05) is 29.5 Å². The lowest BCUT2D eigenvalue weighted by atomic mass is 10.2. The highest BCUT2D eigenvalue weighted by atomic mass is 16.2. The number of allylic oxidation sites excluding steroid dienone is 1. The van der Waals surface area contributed by atoms with Gasteiger partial charge >= 0.3 is 6.03 Å². The van der Waals surface area contributed by atoms with Gasteiger partial charge in [-0.1, -0.05) is 23.8 Å². The number of carbonyl (C=O) groups is 1. The van der Waals surface area contributed by atoms with Crippen molar-refractivity contribution in [2.45, 2.75) is 38.5 Å². The van der Waals surface area contributed by atoms with Crippen molar-refractivity contribution >= 4 is 40.8 Å². The van der Waals surface area contributed by atoms with Gasteiger partial charge in [0.2, 0.25) is 11.9 Å². The molecule has 1 saturated carbocycles. The summed E-state index contributed by atoms with van der Waals surface area (Å²) in [5.41, 5.74) is 3.50. The molecular formula is C26H28N8O. The summed E-state index contributed by atoms with van der Waals surface area (Å²) in [7, 11) is 0. The number of nitrogens with one attached hydrogen (secondary N) is 4. The number of para-hydroxylation sites is 1. The zero-order valence-electron chi connectivity index (χ0n) is 19.6. The first-order chi connectivity index (χ1) is 17.1. The molecule has 2 heterocycles. The Morgan fingerprint density at radius 1 is 0.829 bits per heavy atom. The van der Waals surface area contributed by atoms with Crippen molar-refractivity contribution in [1.29, 1.82) is 0 Å². The molecule has 2 aliphatic rings. The quantitative estimate of drug-likeness (QED) is 0.369. The lowest BCUT2D eigenvalue weighted by Gasteiger charge is -2.11. The molecule has 5 rings (SSSR count). The fourth-order valence-corrected chi connectivity index (χ4v) is 3.71. The van der Waals surface area contributed by atoms with E-state index < -0.39 is 0 Å². The highest BCUT2D eigenvalue weighted by Gasteiger charge is 2.28. The normalized spacial score (nSPS) is 15.3. The molecule has 1 aromatic heterocycles. The summed E-state index contributed by atoms with van der Waals surface area (Å²) in [5, 5.41) is 12.2. The van der Waals surface area contributed by atoms with E-state index >= 15 is 0 Å². The van der Waals surface area contributed by atoms with Crippen LogP contribution in [0, 0.1) is 0 Å². The third-order valence-electron chi connectivity index (χ3n) is 5.66. The van der Waals surface area contributed by atoms with Gasteiger partial charge in [0.25, 0.3) is 0 Å². The number of anilines is 5. The van der Waals surface area contributed by atoms with Crippen LogP contribution in [0.5, 0.6) is 0 Å². The van der Waals surface area contributed by atoms with Crippen LogP contribution in [0.1, 0.15) is 44.3 Å². The van der Waals surface area contributed by atoms with E-state index in [2.05, 4.69) is 54.2 Å². The molecule has 0 unspecified atom stereocenters. The molecule has 0 bridgehead atoms. The summed E-state index contributed by atoms with van der Waals surface area (Å²) in [4.78, 5) is 30.7. The zero-order valence-corrected chi connectivity index (χ0v) is 19.6. The second kappa shape index (κ2) is 10.3. The molecule has 178 valence electrons. The minimum absolute atomic E-state index is 0.301. The van der Waals surface area contributed by atoms with Gasteiger partial charge in [-0.05, 0) is 75.1 Å². The average molecular weight is 469 g/mol. The second-order valence-electron chi connectivity index (χ2n) is 8.75. The van der Waals surface area contributed by atoms with E-state index in [0.29, 0.717) is 23.5 Å². The minimum Gasteiger partial charge on any atom is -0.324 e. The molecule has 0 saturated heterocycles. The van der Waals surface area contributed by atoms with E-state index in [1.165, 1.54) is 5.57 Å². The summed E-state index contributed by atoms with van der Waals surface area (Å²) >= 11 is 0. The van der Waals surface area contributed by atoms with E-state index in [4.69, 9.17) is 0 Å². The fraction of sp³-hybridized carbons (Fsp3) is 0.269. The van der Waals surface area contributed by atoms with Crippen LogP contribution < -0.4 is 21.3 Å². The highest BCUT2D eigenvalue weighted by molar-refractivity contribution is 6.03. The Morgan fingerprint density at radius 2 is 1.49 bits per heavy atom. The number of benzene rings is 2. The Bertz CT molecular complexity index is 1250. The molecule has 35 heavy (non-hydrogen) atoms. The average Bonchev–Trinajstić information content (AvgIpc) is 3.70. The lowest BCUT2D eigenvalue weighted by molar-refractivity contribution is 0.262. The van der Waals surface area contributed by atoms with Crippen molar-refractivity contribution in [3.63, 3.8) is 0 Å². The molecule has 1 aliphatic carbocycles. The number of aromatic nitrogens is 3. The van der Waals surface area contributed by atoms with Gasteiger partial charge < -0.3 is 21.3 Å². The number of rotatable bonds is 6. The predicted molar refractivity (Wildman–Crippen MR) is 140 cm³/mol. The molecule has 0 atom stereocenters. The third-order valence-corrected chi connectivity index (χ3v) is 5.66. The van der Waals surface area contributed by atoms with E-state index in [0.717, 1.165) is 55.3 Å². The lowest BCUT2D eigenvalue weighted by Crippen LogP contribution is -2.19. The Labute approximate surface area is 204 Å². The monoisotopic (exact) mass is 468 g/mol. The summed E-state index contributed by atoms with van der Waals surface area (Å²) in [6.45, 7) is 2.90. The Morgan fingerprint density at radius 3 is 2.20 bits per heavy atom. The van der Waals surface area contributed by atoms with Crippen molar-refractivity contribution < 1.29 is 4.79 Å². The van der Waals surface area contributed by atoms with E-state index in [1.54, 1.807) is 0 Å². The fourth-order valence-electron chi connectivity index (χ4n) is 3.71. The van der Waals surface area contributed by atoms with Crippen LogP contribution in [-0.4, -0.2) is 33.4 Å². The molecule has 1 aliphatic heterocycles. The molecule has 1 fully saturated rings. The SMILES string of the molecule is CC1=CC(Nc2nc(Nc3ccc(NC(=O)Nc4ccccc4)cc3)nc(C3CC3)n2)=NCCC1. The maximum atomic E-state index is 12.2. The molecule has 0 radical (unpaired) electrons. The maximum absolute atomic E-state index is 12.2. The van der Waals surface area contributed by atoms with Crippen molar-refractivity contribution in [3.8, 4) is 0 Å². The van der Waals surface area contributed by atoms with Gasteiger partial charge in [-0.3, -0.25) is 4.99 Å². The van der Waals surface area contributed by atoms with Crippen LogP contribution in [0.15, 0.2) is 71.2 Å². The Hall–Kier alpha value is -4.27. The number of hydrogen-bond donors (Lipinski definition) is 4. The molecule has 2 aromatic carbocycles. The summed E-state index contributed by atoms with van der Waals surface area (Å²) < 4.78 is 0. The van der Waals surface area contributed by atoms with Crippen molar-refractivity contribution in [3.05, 3.63) is 72.1 Å². The smallest absolute Gasteiger partial charge is 0.323 e. The Balaban J connectivity index is 1.26. The summed E-state index contributed by atoms with van der Waals surface area (Å²) in [5.74, 6) is 2.91. The van der Waals surface area contributed by atoms with Crippen molar-refractivity contribution in [2.24, 2.45) is 4.99 Å². The van der Waals surface area contributed by atoms with Crippen molar-refractivity contribution in [2.75, 3.05) is 27.8 Å². The van der Waals surface area contributed by atoms with E-state index in [-0.39, 0.29) is 6.03 Å². The molecule has 9 heteroatoms. The predicted octanol–water partition coefficient (Wildman–Crippen LogP) is 5.69. The van der Waals surface area contributed by atoms with Gasteiger partial charge in [0.1, 0.15) is 11.7 Å². The van der Waals surface area contributed by atoms with Crippen LogP contribution in [0.4, 0.5) is 33.8 Å². The first kappa shape index (κ1) is 22.5. The number of aliphatic imine (C=N–C) groups is 1. The zero-order chi connectivity index (χ0) is 24.0. The van der Waals surface area contributed by atoms with E-state index in [9.17, 15) is 4.79 Å². The number of amides is 2. The molecule has 2 amide bonds. The third kappa shape index (κ3) is 6.41. The van der Waals surface area contributed by atoms with Crippen LogP contribution in [-0.2, 0) is 0 Å². The topological polar surface area (TPSA) is 116 Å². The summed E-state index contributed by atoms with van der Waals surface area (Å²) in [6, 6.07) is 16.4. The van der Waals surface area contributed by atoms with Crippen LogP contribution in [0.2, 0.25) is 0 Å². The summed E-state index contributed by atoms with van der Waals surface area (Å²) in [6.07, 6.45) is 6.33. The largest absolute Gasteiger partial charge is 0.324 e. The van der Waals surface area contributed by atoms with Gasteiger partial charge in [-0.25, -0.2) is 4.79 Å². The Kier molecular flexibility index (Phi) is 6.65. The second-order valence-corrected chi connectivity index (χ2v) is 8.75. The van der Waals surface area contributed by atoms with Crippen LogP contribution >= 0.6 is 0 Å². The number of amidine groups is 1. The van der Waals surface area contributed by atoms with E-state index in [1.807, 2.05) is 54.6 Å². The van der Waals surface area contributed by atoms with Gasteiger partial charge in [0.15, 0.2) is 0 Å². The van der Waals surface area contributed by atoms with Crippen LogP contribution in [0.3, 0.4) is 0 Å². The first-order valence-electron chi connectivity index (χ1n) is 11.9. The molecule has 9 nitrogen and oxygen atoms in total. The minimum atomic E-state index is -0.301. The number of urea groups is 1. The number of nitrogens with zero attached hydrogens (tertiary/aromatic N) is 4. The molecule has 0 spiro atoms. The molecular weight excluding hydrogens is 440 g/mol. The first-order valence-corrected chi connectivity index (χ1v) is 11.9. The number of carbonyl (C=O) groups excluding carboxylic acids is 1. The highest BCUT2D eigenvalue weighted by Crippen LogP contribution is 2.38. The van der Waals surface area contributed by atoms with Crippen LogP contribution in [0.25, 0.3) is 0 Å². The van der Waals surface area contributed by atoms with Gasteiger partial charge in [-0.15, -0.1) is 0 Å². The maximum Gasteiger partial charge on any atom is 0.323 e. The van der Waals surface area contributed by atoms with Gasteiger partial charge in [-0.2, -0.15) is 15.0 Å².